The molecule has 0 atom stereocenters. The van der Waals surface area contributed by atoms with Gasteiger partial charge in [-0.05, 0) is 30.3 Å². The number of ether oxygens (including phenoxy) is 1. The molecular weight excluding hydrogens is 373 g/mol. The number of anilines is 1. The smallest absolute Gasteiger partial charge is 0.338 e. The summed E-state index contributed by atoms with van der Waals surface area (Å²) in [4.78, 5) is 24.3. The number of benzene rings is 2. The molecule has 6 nitrogen and oxygen atoms in total. The Hall–Kier alpha value is -3.48. The molecule has 0 spiro atoms. The van der Waals surface area contributed by atoms with Crippen molar-refractivity contribution in [3.8, 4) is 5.69 Å². The third-order valence-electron chi connectivity index (χ3n) is 4.14. The zero-order valence-corrected chi connectivity index (χ0v) is 16.5. The summed E-state index contributed by atoms with van der Waals surface area (Å²) in [6.45, 7) is 5.57. The van der Waals surface area contributed by atoms with Crippen LogP contribution in [-0.4, -0.2) is 28.3 Å². The lowest BCUT2D eigenvalue weighted by atomic mass is 9.92. The number of amides is 1. The van der Waals surface area contributed by atoms with Crippen molar-refractivity contribution in [2.24, 2.45) is 0 Å². The van der Waals surface area contributed by atoms with Crippen LogP contribution in [0.4, 0.5) is 10.2 Å². The molecule has 1 aromatic heterocycles. The first-order chi connectivity index (χ1) is 13.7. The van der Waals surface area contributed by atoms with E-state index in [1.165, 1.54) is 18.2 Å². The van der Waals surface area contributed by atoms with E-state index in [-0.39, 0.29) is 11.0 Å². The number of carbonyl (C=O) groups is 2. The minimum Gasteiger partial charge on any atom is -0.452 e. The monoisotopic (exact) mass is 395 g/mol. The molecule has 3 aromatic rings. The Kier molecular flexibility index (Phi) is 5.77. The number of aromatic nitrogens is 2. The molecular formula is C22H22FN3O3. The van der Waals surface area contributed by atoms with E-state index in [9.17, 15) is 14.0 Å². The standard InChI is InChI=1S/C22H22FN3O3/c1-22(2,3)18-13-19(26(25-18)17-10-5-4-6-11-17)24-20(27)14-29-21(28)15-8-7-9-16(23)12-15/h4-13H,14H2,1-3H3,(H,24,27). The lowest BCUT2D eigenvalue weighted by Crippen LogP contribution is -2.22. The summed E-state index contributed by atoms with van der Waals surface area (Å²) in [6, 6.07) is 16.3. The predicted octanol–water partition coefficient (Wildman–Crippen LogP) is 4.10. The third-order valence-corrected chi connectivity index (χ3v) is 4.14. The van der Waals surface area contributed by atoms with Gasteiger partial charge in [0.05, 0.1) is 16.9 Å². The summed E-state index contributed by atoms with van der Waals surface area (Å²) in [6.07, 6.45) is 0. The van der Waals surface area contributed by atoms with Crippen molar-refractivity contribution in [2.45, 2.75) is 26.2 Å². The van der Waals surface area contributed by atoms with Gasteiger partial charge in [-0.3, -0.25) is 4.79 Å². The van der Waals surface area contributed by atoms with Crippen LogP contribution in [0.2, 0.25) is 0 Å². The van der Waals surface area contributed by atoms with Gasteiger partial charge in [0.25, 0.3) is 5.91 Å². The van der Waals surface area contributed by atoms with Crippen molar-refractivity contribution in [1.29, 1.82) is 0 Å². The van der Waals surface area contributed by atoms with Crippen molar-refractivity contribution in [1.82, 2.24) is 9.78 Å². The van der Waals surface area contributed by atoms with Crippen LogP contribution >= 0.6 is 0 Å². The summed E-state index contributed by atoms with van der Waals surface area (Å²) in [5.41, 5.74) is 1.41. The lowest BCUT2D eigenvalue weighted by molar-refractivity contribution is -0.119. The highest BCUT2D eigenvalue weighted by molar-refractivity contribution is 5.95. The first-order valence-electron chi connectivity index (χ1n) is 9.12. The normalized spacial score (nSPS) is 11.2. The van der Waals surface area contributed by atoms with Gasteiger partial charge in [-0.1, -0.05) is 45.0 Å². The molecule has 0 radical (unpaired) electrons. The number of nitrogens with zero attached hydrogens (tertiary/aromatic N) is 2. The molecule has 0 bridgehead atoms. The van der Waals surface area contributed by atoms with Crippen LogP contribution < -0.4 is 5.32 Å². The molecule has 0 aliphatic heterocycles. The van der Waals surface area contributed by atoms with E-state index in [1.54, 1.807) is 10.7 Å². The molecule has 0 saturated heterocycles. The second-order valence-corrected chi connectivity index (χ2v) is 7.55. The summed E-state index contributed by atoms with van der Waals surface area (Å²) in [5.74, 6) is -1.38. The van der Waals surface area contributed by atoms with Gasteiger partial charge in [0.2, 0.25) is 0 Å². The van der Waals surface area contributed by atoms with Gasteiger partial charge >= 0.3 is 5.97 Å². The fourth-order valence-corrected chi connectivity index (χ4v) is 2.61. The van der Waals surface area contributed by atoms with Crippen LogP contribution in [0.3, 0.4) is 0 Å². The summed E-state index contributed by atoms with van der Waals surface area (Å²) in [7, 11) is 0. The Morgan fingerprint density at radius 1 is 1.07 bits per heavy atom. The molecule has 0 aliphatic carbocycles. The topological polar surface area (TPSA) is 73.2 Å². The first-order valence-corrected chi connectivity index (χ1v) is 9.12. The molecule has 29 heavy (non-hydrogen) atoms. The fourth-order valence-electron chi connectivity index (χ4n) is 2.61. The number of hydrogen-bond donors (Lipinski definition) is 1. The highest BCUT2D eigenvalue weighted by Crippen LogP contribution is 2.26. The minimum atomic E-state index is -0.772. The summed E-state index contributed by atoms with van der Waals surface area (Å²) >= 11 is 0. The van der Waals surface area contributed by atoms with E-state index in [2.05, 4.69) is 10.4 Å². The lowest BCUT2D eigenvalue weighted by Gasteiger charge is -2.14. The van der Waals surface area contributed by atoms with Crippen molar-refractivity contribution >= 4 is 17.7 Å². The van der Waals surface area contributed by atoms with Gasteiger partial charge in [0, 0.05) is 11.5 Å². The fraction of sp³-hybridized carbons (Fsp3) is 0.227. The molecule has 2 aromatic carbocycles. The quantitative estimate of drug-likeness (QED) is 0.660. The van der Waals surface area contributed by atoms with Gasteiger partial charge < -0.3 is 10.1 Å². The van der Waals surface area contributed by atoms with E-state index in [0.29, 0.717) is 5.82 Å². The molecule has 0 unspecified atom stereocenters. The average molecular weight is 395 g/mol. The van der Waals surface area contributed by atoms with E-state index in [1.807, 2.05) is 51.1 Å². The number of hydrogen-bond acceptors (Lipinski definition) is 4. The maximum Gasteiger partial charge on any atom is 0.338 e. The number of esters is 1. The highest BCUT2D eigenvalue weighted by atomic mass is 19.1. The largest absolute Gasteiger partial charge is 0.452 e. The Bertz CT molecular complexity index is 1020. The number of carbonyl (C=O) groups excluding carboxylic acids is 2. The van der Waals surface area contributed by atoms with Crippen LogP contribution in [0.25, 0.3) is 5.69 Å². The van der Waals surface area contributed by atoms with Crippen LogP contribution in [0.1, 0.15) is 36.8 Å². The van der Waals surface area contributed by atoms with E-state index in [0.717, 1.165) is 17.4 Å². The van der Waals surface area contributed by atoms with Crippen molar-refractivity contribution < 1.29 is 18.7 Å². The molecule has 150 valence electrons. The Morgan fingerprint density at radius 2 is 1.79 bits per heavy atom. The Labute approximate surface area is 168 Å². The number of rotatable bonds is 5. The maximum absolute atomic E-state index is 13.2. The highest BCUT2D eigenvalue weighted by Gasteiger charge is 2.22. The van der Waals surface area contributed by atoms with Crippen molar-refractivity contribution in [3.05, 3.63) is 77.7 Å². The van der Waals surface area contributed by atoms with Gasteiger partial charge in [-0.25, -0.2) is 13.9 Å². The average Bonchev–Trinajstić information content (AvgIpc) is 3.11. The van der Waals surface area contributed by atoms with E-state index >= 15 is 0 Å². The van der Waals surface area contributed by atoms with Crippen LogP contribution in [0, 0.1) is 5.82 Å². The van der Waals surface area contributed by atoms with Crippen molar-refractivity contribution in [2.75, 3.05) is 11.9 Å². The van der Waals surface area contributed by atoms with Crippen molar-refractivity contribution in [3.63, 3.8) is 0 Å². The third kappa shape index (κ3) is 5.07. The molecule has 3 rings (SSSR count). The Morgan fingerprint density at radius 3 is 2.45 bits per heavy atom. The minimum absolute atomic E-state index is 0.0437. The molecule has 7 heteroatoms. The van der Waals surface area contributed by atoms with Gasteiger partial charge in [-0.2, -0.15) is 5.10 Å². The maximum atomic E-state index is 13.2. The summed E-state index contributed by atoms with van der Waals surface area (Å²) in [5, 5.41) is 7.34. The zero-order valence-electron chi connectivity index (χ0n) is 16.5. The number of para-hydroxylation sites is 1. The van der Waals surface area contributed by atoms with E-state index in [4.69, 9.17) is 4.74 Å². The second-order valence-electron chi connectivity index (χ2n) is 7.55. The van der Waals surface area contributed by atoms with Crippen LogP contribution in [-0.2, 0) is 14.9 Å². The molecule has 1 N–H and O–H groups in total. The molecule has 0 fully saturated rings. The van der Waals surface area contributed by atoms with Gasteiger partial charge in [0.1, 0.15) is 11.6 Å². The zero-order chi connectivity index (χ0) is 21.0. The molecule has 1 heterocycles. The molecule has 0 saturated carbocycles. The molecule has 1 amide bonds. The van der Waals surface area contributed by atoms with Crippen LogP contribution in [0.15, 0.2) is 60.7 Å². The molecule has 0 aliphatic rings. The number of halogens is 1. The SMILES string of the molecule is CC(C)(C)c1cc(NC(=O)COC(=O)c2cccc(F)c2)n(-c2ccccc2)n1. The first kappa shape index (κ1) is 20.3. The summed E-state index contributed by atoms with van der Waals surface area (Å²) < 4.78 is 19.8. The van der Waals surface area contributed by atoms with Gasteiger partial charge in [-0.15, -0.1) is 0 Å². The Balaban J connectivity index is 1.74. The second kappa shape index (κ2) is 8.26. The van der Waals surface area contributed by atoms with Gasteiger partial charge in [0.15, 0.2) is 6.61 Å². The van der Waals surface area contributed by atoms with Crippen LogP contribution in [0.5, 0.6) is 0 Å². The van der Waals surface area contributed by atoms with E-state index < -0.39 is 24.3 Å². The predicted molar refractivity (Wildman–Crippen MR) is 108 cm³/mol. The number of nitrogens with one attached hydrogen (secondary N) is 1.